The van der Waals surface area contributed by atoms with Crippen LogP contribution in [0, 0.1) is 6.92 Å². The molecule has 0 spiro atoms. The summed E-state index contributed by atoms with van der Waals surface area (Å²) in [6, 6.07) is 20.5. The molecule has 0 aliphatic carbocycles. The molecule has 6 heteroatoms. The number of nitrogens with zero attached hydrogens (tertiary/aromatic N) is 2. The zero-order chi connectivity index (χ0) is 20.8. The smallest absolute Gasteiger partial charge is 0.266 e. The number of halogens is 1. The highest BCUT2D eigenvalue weighted by molar-refractivity contribution is 9.10. The Balaban J connectivity index is 1.81. The van der Waals surface area contributed by atoms with Crippen LogP contribution >= 0.6 is 15.9 Å². The van der Waals surface area contributed by atoms with E-state index in [-0.39, 0.29) is 11.5 Å². The van der Waals surface area contributed by atoms with Crippen LogP contribution in [0.3, 0.4) is 0 Å². The van der Waals surface area contributed by atoms with Gasteiger partial charge in [-0.05, 0) is 55.5 Å². The van der Waals surface area contributed by atoms with Crippen LogP contribution in [0.15, 0.2) is 76.0 Å². The monoisotopic (exact) mass is 457 g/mol. The lowest BCUT2D eigenvalue weighted by Crippen LogP contribution is -2.22. The van der Waals surface area contributed by atoms with Crippen molar-refractivity contribution in [2.75, 3.05) is 5.32 Å². The van der Waals surface area contributed by atoms with Crippen molar-refractivity contribution in [3.8, 4) is 5.69 Å². The second kappa shape index (κ2) is 7.07. The first kappa shape index (κ1) is 18.5. The predicted octanol–water partition coefficient (Wildman–Crippen LogP) is 4.95. The fourth-order valence-electron chi connectivity index (χ4n) is 3.62. The Morgan fingerprint density at radius 2 is 1.77 bits per heavy atom. The third-order valence-electron chi connectivity index (χ3n) is 5.13. The molecule has 2 heterocycles. The van der Waals surface area contributed by atoms with Crippen LogP contribution < -0.4 is 10.9 Å². The van der Waals surface area contributed by atoms with Gasteiger partial charge in [0.15, 0.2) is 0 Å². The molecule has 0 radical (unpaired) electrons. The second-order valence-corrected chi connectivity index (χ2v) is 8.08. The average molecular weight is 458 g/mol. The number of anilines is 1. The summed E-state index contributed by atoms with van der Waals surface area (Å²) in [5, 5.41) is 3.40. The lowest BCUT2D eigenvalue weighted by Gasteiger charge is -2.12. The highest BCUT2D eigenvalue weighted by Gasteiger charge is 2.25. The lowest BCUT2D eigenvalue weighted by atomic mass is 10.1. The van der Waals surface area contributed by atoms with Crippen LogP contribution in [0.25, 0.3) is 28.2 Å². The van der Waals surface area contributed by atoms with Gasteiger partial charge >= 0.3 is 0 Å². The number of hydrogen-bond acceptors (Lipinski definition) is 3. The van der Waals surface area contributed by atoms with E-state index >= 15 is 0 Å². The lowest BCUT2D eigenvalue weighted by molar-refractivity contribution is -0.110. The molecule has 0 bridgehead atoms. The van der Waals surface area contributed by atoms with Gasteiger partial charge in [0.05, 0.1) is 22.2 Å². The van der Waals surface area contributed by atoms with E-state index in [1.165, 1.54) is 0 Å². The van der Waals surface area contributed by atoms with Gasteiger partial charge in [-0.25, -0.2) is 4.98 Å². The van der Waals surface area contributed by atoms with Gasteiger partial charge in [0.25, 0.3) is 11.5 Å². The molecule has 30 heavy (non-hydrogen) atoms. The number of fused-ring (bicyclic) bond motifs is 2. The molecule has 0 fully saturated rings. The van der Waals surface area contributed by atoms with E-state index in [0.29, 0.717) is 28.0 Å². The van der Waals surface area contributed by atoms with Gasteiger partial charge in [-0.15, -0.1) is 0 Å². The highest BCUT2D eigenvalue weighted by Crippen LogP contribution is 2.35. The Kier molecular flexibility index (Phi) is 4.37. The molecule has 1 aliphatic heterocycles. The van der Waals surface area contributed by atoms with Gasteiger partial charge in [-0.1, -0.05) is 45.8 Å². The molecule has 1 N–H and O–H groups in total. The summed E-state index contributed by atoms with van der Waals surface area (Å²) in [7, 11) is 0. The van der Waals surface area contributed by atoms with E-state index in [2.05, 4.69) is 21.2 Å². The van der Waals surface area contributed by atoms with Crippen LogP contribution in [0.1, 0.15) is 17.0 Å². The number of aromatic nitrogens is 2. The number of rotatable bonds is 2. The zero-order valence-electron chi connectivity index (χ0n) is 16.0. The van der Waals surface area contributed by atoms with Gasteiger partial charge in [-0.3, -0.25) is 14.2 Å². The summed E-state index contributed by atoms with van der Waals surface area (Å²) in [5.74, 6) is 0.182. The van der Waals surface area contributed by atoms with Crippen LogP contribution in [0.2, 0.25) is 0 Å². The first-order valence-corrected chi connectivity index (χ1v) is 10.2. The minimum atomic E-state index is -0.221. The van der Waals surface area contributed by atoms with Gasteiger partial charge < -0.3 is 5.32 Å². The minimum Gasteiger partial charge on any atom is -0.321 e. The first-order valence-electron chi connectivity index (χ1n) is 9.43. The molecule has 1 amide bonds. The number of benzene rings is 3. The molecule has 0 atom stereocenters. The maximum absolute atomic E-state index is 13.4. The Labute approximate surface area is 180 Å². The molecule has 4 aromatic rings. The third-order valence-corrected chi connectivity index (χ3v) is 5.63. The Morgan fingerprint density at radius 1 is 1.00 bits per heavy atom. The van der Waals surface area contributed by atoms with E-state index in [1.54, 1.807) is 22.8 Å². The Hall–Kier alpha value is -3.51. The molecule has 146 valence electrons. The zero-order valence-corrected chi connectivity index (χ0v) is 17.6. The molecular formula is C24H16BrN3O2. The average Bonchev–Trinajstić information content (AvgIpc) is 3.04. The van der Waals surface area contributed by atoms with Crippen molar-refractivity contribution >= 4 is 50.1 Å². The number of hydrogen-bond donors (Lipinski definition) is 1. The number of aryl methyl sites for hydroxylation is 1. The quantitative estimate of drug-likeness (QED) is 0.433. The van der Waals surface area contributed by atoms with Crippen LogP contribution in [0.4, 0.5) is 5.69 Å². The van der Waals surface area contributed by atoms with Crippen molar-refractivity contribution in [1.82, 2.24) is 9.55 Å². The number of amides is 1. The molecule has 3 aromatic carbocycles. The summed E-state index contributed by atoms with van der Waals surface area (Å²) < 4.78 is 2.42. The number of carbonyl (C=O) groups is 1. The Bertz CT molecular complexity index is 1420. The fraction of sp³-hybridized carbons (Fsp3) is 0.0417. The summed E-state index contributed by atoms with van der Waals surface area (Å²) >= 11 is 3.46. The van der Waals surface area contributed by atoms with Crippen LogP contribution in [-0.2, 0) is 4.79 Å². The number of carbonyl (C=O) groups excluding carboxylic acids is 1. The largest absolute Gasteiger partial charge is 0.321 e. The molecule has 5 nitrogen and oxygen atoms in total. The van der Waals surface area contributed by atoms with Crippen molar-refractivity contribution in [2.45, 2.75) is 6.92 Å². The minimum absolute atomic E-state index is 0.177. The Morgan fingerprint density at radius 3 is 2.57 bits per heavy atom. The van der Waals surface area contributed by atoms with E-state index < -0.39 is 0 Å². The molecular weight excluding hydrogens is 442 g/mol. The third kappa shape index (κ3) is 3.06. The van der Waals surface area contributed by atoms with Crippen LogP contribution in [-0.4, -0.2) is 15.5 Å². The van der Waals surface area contributed by atoms with Gasteiger partial charge in [0.1, 0.15) is 5.82 Å². The van der Waals surface area contributed by atoms with Crippen molar-refractivity contribution in [3.05, 3.63) is 98.5 Å². The van der Waals surface area contributed by atoms with E-state index in [0.717, 1.165) is 21.3 Å². The van der Waals surface area contributed by atoms with E-state index in [9.17, 15) is 9.59 Å². The first-order chi connectivity index (χ1) is 14.5. The van der Waals surface area contributed by atoms with Crippen molar-refractivity contribution in [1.29, 1.82) is 0 Å². The summed E-state index contributed by atoms with van der Waals surface area (Å²) in [5.41, 5.74) is 4.17. The summed E-state index contributed by atoms with van der Waals surface area (Å²) in [4.78, 5) is 30.8. The molecule has 1 aliphatic rings. The van der Waals surface area contributed by atoms with E-state index in [1.807, 2.05) is 61.5 Å². The summed E-state index contributed by atoms with van der Waals surface area (Å²) in [6.45, 7) is 1.99. The van der Waals surface area contributed by atoms with Crippen LogP contribution in [0.5, 0.6) is 0 Å². The van der Waals surface area contributed by atoms with E-state index in [4.69, 9.17) is 4.98 Å². The molecule has 1 aromatic heterocycles. The molecule has 0 unspecified atom stereocenters. The standard InChI is InChI=1S/C24H16BrN3O2/c1-14-6-9-16(10-7-14)28-22(26-20-5-3-2-4-17(20)24(28)30)13-19-18-12-15(25)8-11-21(18)27-23(19)29/h2-13H,1H3,(H,27,29)/b19-13-. The van der Waals surface area contributed by atoms with Crippen molar-refractivity contribution in [2.24, 2.45) is 0 Å². The maximum Gasteiger partial charge on any atom is 0.266 e. The molecule has 5 rings (SSSR count). The number of para-hydroxylation sites is 1. The number of nitrogens with one attached hydrogen (secondary N) is 1. The maximum atomic E-state index is 13.4. The molecule has 0 saturated carbocycles. The summed E-state index contributed by atoms with van der Waals surface area (Å²) in [6.07, 6.45) is 1.68. The molecule has 0 saturated heterocycles. The van der Waals surface area contributed by atoms with Crippen molar-refractivity contribution < 1.29 is 4.79 Å². The fourth-order valence-corrected chi connectivity index (χ4v) is 3.98. The van der Waals surface area contributed by atoms with Gasteiger partial charge in [0, 0.05) is 15.7 Å². The highest BCUT2D eigenvalue weighted by atomic mass is 79.9. The van der Waals surface area contributed by atoms with Gasteiger partial charge in [0.2, 0.25) is 0 Å². The normalized spacial score (nSPS) is 14.2. The van der Waals surface area contributed by atoms with Gasteiger partial charge in [-0.2, -0.15) is 0 Å². The SMILES string of the molecule is Cc1ccc(-n2c(/C=C3\C(=O)Nc4ccc(Br)cc43)nc3ccccc3c2=O)cc1. The van der Waals surface area contributed by atoms with Crippen molar-refractivity contribution in [3.63, 3.8) is 0 Å². The topological polar surface area (TPSA) is 64.0 Å². The predicted molar refractivity (Wildman–Crippen MR) is 123 cm³/mol. The second-order valence-electron chi connectivity index (χ2n) is 7.17.